The van der Waals surface area contributed by atoms with Gasteiger partial charge in [-0.15, -0.1) is 11.3 Å². The molecule has 1 N–H and O–H groups in total. The van der Waals surface area contributed by atoms with Crippen molar-refractivity contribution in [3.05, 3.63) is 46.6 Å². The first-order chi connectivity index (χ1) is 9.76. The zero-order valence-corrected chi connectivity index (χ0v) is 12.3. The van der Waals surface area contributed by atoms with Crippen molar-refractivity contribution in [1.82, 2.24) is 9.97 Å². The van der Waals surface area contributed by atoms with Gasteiger partial charge in [-0.1, -0.05) is 12.1 Å². The van der Waals surface area contributed by atoms with Gasteiger partial charge in [-0.2, -0.15) is 4.98 Å². The van der Waals surface area contributed by atoms with Crippen molar-refractivity contribution < 1.29 is 4.74 Å². The van der Waals surface area contributed by atoms with E-state index in [1.807, 2.05) is 35.7 Å². The maximum atomic E-state index is 5.95. The molecule has 2 aromatic heterocycles. The molecule has 0 saturated heterocycles. The number of ether oxygens (including phenoxy) is 1. The molecule has 0 radical (unpaired) electrons. The van der Waals surface area contributed by atoms with E-state index in [9.17, 15) is 0 Å². The van der Waals surface area contributed by atoms with E-state index >= 15 is 0 Å². The standard InChI is InChI=1S/C14H12ClN3OS/c1-19-8-9-3-2-4-10(7-9)16-12-11-5-6-20-13(11)18-14(15)17-12/h2-7H,8H2,1H3,(H,16,17,18). The summed E-state index contributed by atoms with van der Waals surface area (Å²) in [5, 5.41) is 6.48. The summed E-state index contributed by atoms with van der Waals surface area (Å²) in [6, 6.07) is 9.98. The van der Waals surface area contributed by atoms with E-state index in [-0.39, 0.29) is 5.28 Å². The van der Waals surface area contributed by atoms with Crippen LogP contribution in [0.1, 0.15) is 5.56 Å². The molecule has 1 aromatic carbocycles. The number of hydrogen-bond donors (Lipinski definition) is 1. The van der Waals surface area contributed by atoms with Gasteiger partial charge < -0.3 is 10.1 Å². The Labute approximate surface area is 125 Å². The molecule has 3 rings (SSSR count). The van der Waals surface area contributed by atoms with Crippen LogP contribution in [0.25, 0.3) is 10.2 Å². The third-order valence-electron chi connectivity index (χ3n) is 2.80. The van der Waals surface area contributed by atoms with Crippen LogP contribution in [-0.2, 0) is 11.3 Å². The van der Waals surface area contributed by atoms with Gasteiger partial charge in [0.05, 0.1) is 12.0 Å². The Balaban J connectivity index is 1.96. The number of halogens is 1. The topological polar surface area (TPSA) is 47.0 Å². The van der Waals surface area contributed by atoms with E-state index in [1.165, 1.54) is 0 Å². The molecule has 2 heterocycles. The van der Waals surface area contributed by atoms with Crippen molar-refractivity contribution in [2.75, 3.05) is 12.4 Å². The minimum Gasteiger partial charge on any atom is -0.380 e. The van der Waals surface area contributed by atoms with E-state index in [1.54, 1.807) is 18.4 Å². The average Bonchev–Trinajstić information content (AvgIpc) is 2.87. The zero-order chi connectivity index (χ0) is 13.9. The second-order valence-electron chi connectivity index (χ2n) is 4.24. The van der Waals surface area contributed by atoms with Gasteiger partial charge in [0.1, 0.15) is 10.6 Å². The third-order valence-corrected chi connectivity index (χ3v) is 3.77. The molecule has 0 saturated carbocycles. The lowest BCUT2D eigenvalue weighted by atomic mass is 10.2. The van der Waals surface area contributed by atoms with Crippen LogP contribution in [0, 0.1) is 0 Å². The van der Waals surface area contributed by atoms with Crippen LogP contribution in [0.15, 0.2) is 35.7 Å². The fourth-order valence-electron chi connectivity index (χ4n) is 1.97. The van der Waals surface area contributed by atoms with Crippen LogP contribution < -0.4 is 5.32 Å². The molecule has 3 aromatic rings. The molecule has 0 fully saturated rings. The summed E-state index contributed by atoms with van der Waals surface area (Å²) in [4.78, 5) is 9.34. The Bertz CT molecular complexity index is 744. The number of hydrogen-bond acceptors (Lipinski definition) is 5. The van der Waals surface area contributed by atoms with Gasteiger partial charge in [-0.3, -0.25) is 0 Å². The first-order valence-corrected chi connectivity index (χ1v) is 7.27. The number of fused-ring (bicyclic) bond motifs is 1. The first-order valence-electron chi connectivity index (χ1n) is 6.02. The summed E-state index contributed by atoms with van der Waals surface area (Å²) in [6.45, 7) is 0.577. The number of methoxy groups -OCH3 is 1. The molecule has 0 spiro atoms. The highest BCUT2D eigenvalue weighted by Gasteiger charge is 2.08. The van der Waals surface area contributed by atoms with Gasteiger partial charge in [0.15, 0.2) is 0 Å². The lowest BCUT2D eigenvalue weighted by Gasteiger charge is -2.08. The molecule has 0 aliphatic carbocycles. The van der Waals surface area contributed by atoms with Gasteiger partial charge in [-0.25, -0.2) is 4.98 Å². The van der Waals surface area contributed by atoms with Gasteiger partial charge >= 0.3 is 0 Å². The van der Waals surface area contributed by atoms with E-state index in [0.717, 1.165) is 27.3 Å². The van der Waals surface area contributed by atoms with Crippen LogP contribution in [0.5, 0.6) is 0 Å². The Kier molecular flexibility index (Phi) is 3.82. The molecule has 4 nitrogen and oxygen atoms in total. The van der Waals surface area contributed by atoms with Crippen LogP contribution in [0.2, 0.25) is 5.28 Å². The zero-order valence-electron chi connectivity index (χ0n) is 10.8. The number of thiophene rings is 1. The summed E-state index contributed by atoms with van der Waals surface area (Å²) in [5.74, 6) is 0.718. The monoisotopic (exact) mass is 305 g/mol. The summed E-state index contributed by atoms with van der Waals surface area (Å²) in [6.07, 6.45) is 0. The molecule has 6 heteroatoms. The van der Waals surface area contributed by atoms with Crippen LogP contribution in [0.4, 0.5) is 11.5 Å². The highest BCUT2D eigenvalue weighted by atomic mass is 35.5. The molecular weight excluding hydrogens is 294 g/mol. The quantitative estimate of drug-likeness (QED) is 0.733. The van der Waals surface area contributed by atoms with Crippen molar-refractivity contribution in [1.29, 1.82) is 0 Å². The summed E-state index contributed by atoms with van der Waals surface area (Å²) >= 11 is 7.49. The number of anilines is 2. The Morgan fingerprint density at radius 3 is 3.05 bits per heavy atom. The van der Waals surface area contributed by atoms with Gasteiger partial charge in [0.25, 0.3) is 0 Å². The average molecular weight is 306 g/mol. The number of aromatic nitrogens is 2. The Morgan fingerprint density at radius 1 is 1.30 bits per heavy atom. The predicted octanol–water partition coefficient (Wildman–Crippen LogP) is 4.23. The molecule has 20 heavy (non-hydrogen) atoms. The van der Waals surface area contributed by atoms with E-state index in [0.29, 0.717) is 6.61 Å². The Morgan fingerprint density at radius 2 is 2.20 bits per heavy atom. The molecule has 0 amide bonds. The molecule has 0 aliphatic heterocycles. The van der Waals surface area contributed by atoms with Gasteiger partial charge in [0.2, 0.25) is 5.28 Å². The Hall–Kier alpha value is -1.69. The maximum Gasteiger partial charge on any atom is 0.225 e. The second kappa shape index (κ2) is 5.75. The van der Waals surface area contributed by atoms with Gasteiger partial charge in [-0.05, 0) is 40.7 Å². The van der Waals surface area contributed by atoms with Crippen molar-refractivity contribution in [3.8, 4) is 0 Å². The summed E-state index contributed by atoms with van der Waals surface area (Å²) in [7, 11) is 1.68. The lowest BCUT2D eigenvalue weighted by molar-refractivity contribution is 0.185. The largest absolute Gasteiger partial charge is 0.380 e. The van der Waals surface area contributed by atoms with Crippen molar-refractivity contribution in [3.63, 3.8) is 0 Å². The van der Waals surface area contributed by atoms with Crippen LogP contribution in [-0.4, -0.2) is 17.1 Å². The molecular formula is C14H12ClN3OS. The molecule has 0 unspecified atom stereocenters. The fourth-order valence-corrected chi connectivity index (χ4v) is 2.95. The van der Waals surface area contributed by atoms with Gasteiger partial charge in [0, 0.05) is 12.8 Å². The van der Waals surface area contributed by atoms with E-state index < -0.39 is 0 Å². The predicted molar refractivity (Wildman–Crippen MR) is 82.9 cm³/mol. The minimum absolute atomic E-state index is 0.246. The third kappa shape index (κ3) is 2.75. The molecule has 0 bridgehead atoms. The number of nitrogens with one attached hydrogen (secondary N) is 1. The van der Waals surface area contributed by atoms with E-state index in [4.69, 9.17) is 16.3 Å². The molecule has 102 valence electrons. The highest BCUT2D eigenvalue weighted by molar-refractivity contribution is 7.16. The number of rotatable bonds is 4. The molecule has 0 atom stereocenters. The lowest BCUT2D eigenvalue weighted by Crippen LogP contribution is -1.97. The maximum absolute atomic E-state index is 5.95. The van der Waals surface area contributed by atoms with Crippen molar-refractivity contribution >= 4 is 44.7 Å². The van der Waals surface area contributed by atoms with Crippen LogP contribution in [0.3, 0.4) is 0 Å². The number of benzene rings is 1. The molecule has 0 aliphatic rings. The fraction of sp³-hybridized carbons (Fsp3) is 0.143. The second-order valence-corrected chi connectivity index (χ2v) is 5.47. The highest BCUT2D eigenvalue weighted by Crippen LogP contribution is 2.28. The van der Waals surface area contributed by atoms with E-state index in [2.05, 4.69) is 15.3 Å². The first kappa shape index (κ1) is 13.3. The van der Waals surface area contributed by atoms with Crippen molar-refractivity contribution in [2.45, 2.75) is 6.61 Å². The van der Waals surface area contributed by atoms with Crippen LogP contribution >= 0.6 is 22.9 Å². The smallest absolute Gasteiger partial charge is 0.225 e. The SMILES string of the molecule is COCc1cccc(Nc2nc(Cl)nc3sccc23)c1. The van der Waals surface area contributed by atoms with Crippen molar-refractivity contribution in [2.24, 2.45) is 0 Å². The minimum atomic E-state index is 0.246. The summed E-state index contributed by atoms with van der Waals surface area (Å²) in [5.41, 5.74) is 2.04. The summed E-state index contributed by atoms with van der Waals surface area (Å²) < 4.78 is 5.14. The number of nitrogens with zero attached hydrogens (tertiary/aromatic N) is 2. The normalized spacial score (nSPS) is 10.9.